The van der Waals surface area contributed by atoms with Crippen LogP contribution in [0.15, 0.2) is 29.6 Å². The predicted octanol–water partition coefficient (Wildman–Crippen LogP) is 2.57. The number of benzene rings is 1. The number of carbonyl (C=O) groups excluding carboxylic acids is 3. The number of rotatable bonds is 9. The predicted molar refractivity (Wildman–Crippen MR) is 145 cm³/mol. The van der Waals surface area contributed by atoms with Crippen molar-refractivity contribution in [2.24, 2.45) is 5.92 Å². The fourth-order valence-corrected chi connectivity index (χ4v) is 5.53. The normalized spacial score (nSPS) is 21.3. The highest BCUT2D eigenvalue weighted by molar-refractivity contribution is 7.14. The number of aromatic nitrogens is 1. The Hall–Kier alpha value is -2.82. The number of Topliss-reactive ketones (excluding diaryl/α,β-unsaturated/α-hetero) is 1. The summed E-state index contributed by atoms with van der Waals surface area (Å²) < 4.78 is 5.47. The van der Waals surface area contributed by atoms with E-state index in [0.29, 0.717) is 18.4 Å². The van der Waals surface area contributed by atoms with E-state index in [1.807, 2.05) is 38.3 Å². The lowest BCUT2D eigenvalue weighted by atomic mass is 10.0. The van der Waals surface area contributed by atoms with Crippen LogP contribution in [0.1, 0.15) is 44.0 Å². The van der Waals surface area contributed by atoms with E-state index in [2.05, 4.69) is 27.5 Å². The average Bonchev–Trinajstić information content (AvgIpc) is 3.51. The summed E-state index contributed by atoms with van der Waals surface area (Å²) in [6.07, 6.45) is 0.754. The molecule has 0 bridgehead atoms. The summed E-state index contributed by atoms with van der Waals surface area (Å²) in [5.74, 6) is -0.650. The Kier molecular flexibility index (Phi) is 8.94. The third kappa shape index (κ3) is 6.74. The van der Waals surface area contributed by atoms with Gasteiger partial charge in [-0.05, 0) is 37.9 Å². The molecule has 2 aliphatic heterocycles. The van der Waals surface area contributed by atoms with Gasteiger partial charge in [-0.2, -0.15) is 0 Å². The summed E-state index contributed by atoms with van der Waals surface area (Å²) in [5.41, 5.74) is 2.29. The number of hydrogen-bond donors (Lipinski definition) is 2. The van der Waals surface area contributed by atoms with Crippen molar-refractivity contribution in [3.8, 4) is 11.3 Å². The van der Waals surface area contributed by atoms with Crippen LogP contribution < -0.4 is 15.5 Å². The van der Waals surface area contributed by atoms with Gasteiger partial charge in [0, 0.05) is 42.7 Å². The van der Waals surface area contributed by atoms with Crippen molar-refractivity contribution in [3.63, 3.8) is 0 Å². The van der Waals surface area contributed by atoms with Gasteiger partial charge in [-0.15, -0.1) is 11.3 Å². The molecule has 2 aliphatic rings. The summed E-state index contributed by atoms with van der Waals surface area (Å²) in [4.78, 5) is 47.7. The lowest BCUT2D eigenvalue weighted by Crippen LogP contribution is -2.53. The Labute approximate surface area is 222 Å². The molecule has 200 valence electrons. The van der Waals surface area contributed by atoms with Crippen molar-refractivity contribution >= 4 is 34.1 Å². The van der Waals surface area contributed by atoms with Crippen LogP contribution in [0.25, 0.3) is 11.3 Å². The molecule has 2 saturated heterocycles. The molecule has 2 fully saturated rings. The maximum atomic E-state index is 13.1. The maximum absolute atomic E-state index is 13.1. The van der Waals surface area contributed by atoms with Crippen LogP contribution in [0.4, 0.5) is 5.13 Å². The molecule has 0 unspecified atom stereocenters. The van der Waals surface area contributed by atoms with E-state index in [1.165, 1.54) is 0 Å². The van der Waals surface area contributed by atoms with Crippen LogP contribution in [-0.4, -0.2) is 85.5 Å². The quantitative estimate of drug-likeness (QED) is 0.517. The number of hydrogen-bond acceptors (Lipinski definition) is 8. The number of carbonyl (C=O) groups is 3. The zero-order chi connectivity index (χ0) is 26.5. The van der Waals surface area contributed by atoms with Crippen molar-refractivity contribution in [3.05, 3.63) is 35.2 Å². The number of likely N-dealkylation sites (N-methyl/N-ethyl adjacent to an activating group) is 1. The summed E-state index contributed by atoms with van der Waals surface area (Å²) in [7, 11) is 2.13. The van der Waals surface area contributed by atoms with Crippen LogP contribution in [0.2, 0.25) is 0 Å². The lowest BCUT2D eigenvalue weighted by molar-refractivity contribution is -0.127. The third-order valence-corrected chi connectivity index (χ3v) is 7.80. The molecule has 0 spiro atoms. The molecule has 0 radical (unpaired) electrons. The topological polar surface area (TPSA) is 104 Å². The molecule has 37 heavy (non-hydrogen) atoms. The summed E-state index contributed by atoms with van der Waals surface area (Å²) in [6, 6.07) is 5.86. The number of nitrogens with one attached hydrogen (secondary N) is 2. The molecule has 1 aromatic heterocycles. The molecule has 0 aliphatic carbocycles. The second kappa shape index (κ2) is 12.1. The molecule has 4 rings (SSSR count). The van der Waals surface area contributed by atoms with E-state index in [-0.39, 0.29) is 36.2 Å². The zero-order valence-corrected chi connectivity index (χ0v) is 22.8. The first-order chi connectivity index (χ1) is 17.7. The number of anilines is 1. The van der Waals surface area contributed by atoms with E-state index in [9.17, 15) is 14.4 Å². The van der Waals surface area contributed by atoms with Gasteiger partial charge in [0.2, 0.25) is 5.91 Å². The molecule has 3 atom stereocenters. The molecule has 2 aromatic rings. The molecule has 9 nitrogen and oxygen atoms in total. The fraction of sp³-hybridized carbons (Fsp3) is 0.556. The van der Waals surface area contributed by atoms with Gasteiger partial charge in [-0.1, -0.05) is 32.9 Å². The molecule has 3 heterocycles. The lowest BCUT2D eigenvalue weighted by Gasteiger charge is -2.32. The Morgan fingerprint density at radius 1 is 1.16 bits per heavy atom. The molecular weight excluding hydrogens is 490 g/mol. The van der Waals surface area contributed by atoms with E-state index >= 15 is 0 Å². The van der Waals surface area contributed by atoms with Crippen LogP contribution in [0.3, 0.4) is 0 Å². The van der Waals surface area contributed by atoms with E-state index < -0.39 is 12.1 Å². The van der Waals surface area contributed by atoms with E-state index in [0.717, 1.165) is 42.6 Å². The van der Waals surface area contributed by atoms with Crippen molar-refractivity contribution in [2.75, 3.05) is 44.7 Å². The molecule has 0 saturated carbocycles. The second-order valence-electron chi connectivity index (χ2n) is 10.2. The first-order valence-corrected chi connectivity index (χ1v) is 13.9. The molecule has 10 heteroatoms. The van der Waals surface area contributed by atoms with Gasteiger partial charge < -0.3 is 25.2 Å². The number of thiazole rings is 1. The second-order valence-corrected chi connectivity index (χ2v) is 11.1. The largest absolute Gasteiger partial charge is 0.368 e. The highest BCUT2D eigenvalue weighted by Crippen LogP contribution is 2.28. The molecule has 2 amide bonds. The average molecular weight is 528 g/mol. The Bertz CT molecular complexity index is 1090. The standard InChI is InChI=1S/C27H37N5O4S/c1-5-23-24(22(33)15-36-23)30-26(35)20(14-17(2)3)28-25(34)19-8-6-18(7-9-19)21-16-37-27(29-21)32-12-10-31(4)11-13-32/h6-9,16-17,20,23-24H,5,10-15H2,1-4H3,(H,28,34)(H,30,35)/t20-,23-,24+/m0/s1. The Balaban J connectivity index is 1.40. The van der Waals surface area contributed by atoms with Crippen molar-refractivity contribution in [1.82, 2.24) is 20.5 Å². The van der Waals surface area contributed by atoms with Gasteiger partial charge in [0.1, 0.15) is 18.7 Å². The fourth-order valence-electron chi connectivity index (χ4n) is 4.64. The maximum Gasteiger partial charge on any atom is 0.251 e. The van der Waals surface area contributed by atoms with Crippen LogP contribution >= 0.6 is 11.3 Å². The minimum Gasteiger partial charge on any atom is -0.368 e. The summed E-state index contributed by atoms with van der Waals surface area (Å²) >= 11 is 1.63. The highest BCUT2D eigenvalue weighted by atomic mass is 32.1. The zero-order valence-electron chi connectivity index (χ0n) is 22.0. The minimum absolute atomic E-state index is 0.00681. The highest BCUT2D eigenvalue weighted by Gasteiger charge is 2.37. The number of amides is 2. The van der Waals surface area contributed by atoms with Crippen LogP contribution in [0, 0.1) is 5.92 Å². The molecule has 1 aromatic carbocycles. The Morgan fingerprint density at radius 3 is 2.51 bits per heavy atom. The number of nitrogens with zero attached hydrogens (tertiary/aromatic N) is 3. The van der Waals surface area contributed by atoms with Gasteiger partial charge in [0.15, 0.2) is 10.9 Å². The molecule has 2 N–H and O–H groups in total. The van der Waals surface area contributed by atoms with Gasteiger partial charge in [-0.3, -0.25) is 14.4 Å². The van der Waals surface area contributed by atoms with Gasteiger partial charge in [0.25, 0.3) is 5.91 Å². The Morgan fingerprint density at radius 2 is 1.86 bits per heavy atom. The van der Waals surface area contributed by atoms with Gasteiger partial charge in [0.05, 0.1) is 11.8 Å². The number of ether oxygens (including phenoxy) is 1. The summed E-state index contributed by atoms with van der Waals surface area (Å²) in [5, 5.41) is 8.74. The third-order valence-electron chi connectivity index (χ3n) is 6.90. The summed E-state index contributed by atoms with van der Waals surface area (Å²) in [6.45, 7) is 9.89. The molecular formula is C27H37N5O4S. The minimum atomic E-state index is -0.747. The number of piperazine rings is 1. The van der Waals surface area contributed by atoms with E-state index in [4.69, 9.17) is 9.72 Å². The van der Waals surface area contributed by atoms with Crippen LogP contribution in [0.5, 0.6) is 0 Å². The van der Waals surface area contributed by atoms with Crippen LogP contribution in [-0.2, 0) is 14.3 Å². The van der Waals surface area contributed by atoms with Crippen molar-refractivity contribution < 1.29 is 19.1 Å². The first kappa shape index (κ1) is 27.2. The van der Waals surface area contributed by atoms with Gasteiger partial charge in [-0.25, -0.2) is 4.98 Å². The SMILES string of the molecule is CC[C@@H]1OCC(=O)[C@H]1NC(=O)[C@H](CC(C)C)NC(=O)c1ccc(-c2csc(N3CCN(C)CC3)n2)cc1. The van der Waals surface area contributed by atoms with E-state index in [1.54, 1.807) is 23.5 Å². The van der Waals surface area contributed by atoms with Crippen molar-refractivity contribution in [2.45, 2.75) is 51.8 Å². The smallest absolute Gasteiger partial charge is 0.251 e. The van der Waals surface area contributed by atoms with Gasteiger partial charge >= 0.3 is 0 Å². The monoisotopic (exact) mass is 527 g/mol. The number of ketones is 1. The first-order valence-electron chi connectivity index (χ1n) is 13.0. The van der Waals surface area contributed by atoms with Crippen molar-refractivity contribution in [1.29, 1.82) is 0 Å².